The number of thiophene rings is 1. The van der Waals surface area contributed by atoms with Gasteiger partial charge in [-0.15, -0.1) is 11.3 Å². The molecule has 0 radical (unpaired) electrons. The minimum Gasteiger partial charge on any atom is -0.306 e. The predicted octanol–water partition coefficient (Wildman–Crippen LogP) is 4.75. The maximum atomic E-state index is 3.64. The Morgan fingerprint density at radius 3 is 2.44 bits per heavy atom. The highest BCUT2D eigenvalue weighted by Gasteiger charge is 2.14. The van der Waals surface area contributed by atoms with E-state index >= 15 is 0 Å². The van der Waals surface area contributed by atoms with Crippen molar-refractivity contribution in [3.05, 3.63) is 55.3 Å². The van der Waals surface area contributed by atoms with E-state index in [4.69, 9.17) is 0 Å². The quantitative estimate of drug-likeness (QED) is 0.748. The molecule has 0 aliphatic heterocycles. The molecule has 0 aliphatic rings. The standard InChI is InChI=1S/C15H18INS/c1-3-10-17-15(14-9-4-11(2)18-14)12-5-7-13(16)8-6-12/h4-9,15,17H,3,10H2,1-2H3. The van der Waals surface area contributed by atoms with Crippen LogP contribution in [0.2, 0.25) is 0 Å². The summed E-state index contributed by atoms with van der Waals surface area (Å²) in [5.41, 5.74) is 1.35. The molecular weight excluding hydrogens is 353 g/mol. The summed E-state index contributed by atoms with van der Waals surface area (Å²) in [6.07, 6.45) is 1.16. The predicted molar refractivity (Wildman–Crippen MR) is 88.4 cm³/mol. The highest BCUT2D eigenvalue weighted by molar-refractivity contribution is 14.1. The zero-order valence-electron chi connectivity index (χ0n) is 10.7. The molecule has 0 bridgehead atoms. The Kier molecular flexibility index (Phi) is 5.21. The van der Waals surface area contributed by atoms with Crippen LogP contribution in [-0.4, -0.2) is 6.54 Å². The van der Waals surface area contributed by atoms with Gasteiger partial charge in [0, 0.05) is 13.3 Å². The van der Waals surface area contributed by atoms with E-state index in [0.29, 0.717) is 6.04 Å². The van der Waals surface area contributed by atoms with Gasteiger partial charge in [0.2, 0.25) is 0 Å². The van der Waals surface area contributed by atoms with Gasteiger partial charge in [0.1, 0.15) is 0 Å². The van der Waals surface area contributed by atoms with Crippen molar-refractivity contribution in [2.45, 2.75) is 26.3 Å². The lowest BCUT2D eigenvalue weighted by Crippen LogP contribution is -2.22. The number of halogens is 1. The Balaban J connectivity index is 2.27. The van der Waals surface area contributed by atoms with E-state index in [-0.39, 0.29) is 0 Å². The van der Waals surface area contributed by atoms with Crippen molar-refractivity contribution in [1.82, 2.24) is 5.32 Å². The Morgan fingerprint density at radius 1 is 1.17 bits per heavy atom. The van der Waals surface area contributed by atoms with E-state index in [9.17, 15) is 0 Å². The van der Waals surface area contributed by atoms with Crippen LogP contribution >= 0.6 is 33.9 Å². The fourth-order valence-electron chi connectivity index (χ4n) is 1.94. The van der Waals surface area contributed by atoms with Crippen LogP contribution in [0.4, 0.5) is 0 Å². The van der Waals surface area contributed by atoms with E-state index in [1.165, 1.54) is 18.9 Å². The monoisotopic (exact) mass is 371 g/mol. The number of rotatable bonds is 5. The first kappa shape index (κ1) is 14.0. The fourth-order valence-corrected chi connectivity index (χ4v) is 3.28. The lowest BCUT2D eigenvalue weighted by molar-refractivity contribution is 0.606. The van der Waals surface area contributed by atoms with Crippen LogP contribution in [0.25, 0.3) is 0 Å². The number of aryl methyl sites for hydroxylation is 1. The SMILES string of the molecule is CCCNC(c1ccc(I)cc1)c1ccc(C)s1. The molecule has 2 rings (SSSR count). The van der Waals surface area contributed by atoms with Gasteiger partial charge in [0.15, 0.2) is 0 Å². The number of hydrogen-bond donors (Lipinski definition) is 1. The molecule has 0 saturated heterocycles. The summed E-state index contributed by atoms with van der Waals surface area (Å²) in [6, 6.07) is 13.6. The summed E-state index contributed by atoms with van der Waals surface area (Å²) in [5, 5.41) is 3.64. The van der Waals surface area contributed by atoms with Gasteiger partial charge in [-0.2, -0.15) is 0 Å². The van der Waals surface area contributed by atoms with Crippen LogP contribution in [0.1, 0.15) is 34.7 Å². The zero-order chi connectivity index (χ0) is 13.0. The maximum absolute atomic E-state index is 3.64. The normalized spacial score (nSPS) is 12.6. The van der Waals surface area contributed by atoms with E-state index in [1.54, 1.807) is 0 Å². The smallest absolute Gasteiger partial charge is 0.0671 e. The summed E-state index contributed by atoms with van der Waals surface area (Å²) >= 11 is 4.23. The van der Waals surface area contributed by atoms with E-state index in [2.05, 4.69) is 78.2 Å². The molecule has 1 N–H and O–H groups in total. The second-order valence-electron chi connectivity index (χ2n) is 4.39. The summed E-state index contributed by atoms with van der Waals surface area (Å²) in [6.45, 7) is 5.42. The van der Waals surface area contributed by atoms with Crippen molar-refractivity contribution >= 4 is 33.9 Å². The molecule has 0 saturated carbocycles. The molecule has 1 nitrogen and oxygen atoms in total. The molecule has 0 amide bonds. The number of hydrogen-bond acceptors (Lipinski definition) is 2. The summed E-state index contributed by atoms with van der Waals surface area (Å²) in [7, 11) is 0. The van der Waals surface area contributed by atoms with E-state index < -0.39 is 0 Å². The second-order valence-corrected chi connectivity index (χ2v) is 6.95. The third-order valence-corrected chi connectivity index (χ3v) is 4.63. The summed E-state index contributed by atoms with van der Waals surface area (Å²) in [4.78, 5) is 2.78. The van der Waals surface area contributed by atoms with Gasteiger partial charge in [0.25, 0.3) is 0 Å². The Morgan fingerprint density at radius 2 is 1.89 bits per heavy atom. The Hall–Kier alpha value is -0.390. The first-order chi connectivity index (χ1) is 8.70. The van der Waals surface area contributed by atoms with Crippen molar-refractivity contribution in [3.8, 4) is 0 Å². The van der Waals surface area contributed by atoms with Crippen LogP contribution in [0.3, 0.4) is 0 Å². The molecule has 0 spiro atoms. The van der Waals surface area contributed by atoms with Gasteiger partial charge in [0.05, 0.1) is 6.04 Å². The van der Waals surface area contributed by atoms with Gasteiger partial charge in [-0.05, 0) is 72.3 Å². The molecule has 1 atom stereocenters. The third kappa shape index (κ3) is 3.56. The fraction of sp³-hybridized carbons (Fsp3) is 0.333. The van der Waals surface area contributed by atoms with Crippen LogP contribution in [-0.2, 0) is 0 Å². The van der Waals surface area contributed by atoms with Gasteiger partial charge < -0.3 is 5.32 Å². The van der Waals surface area contributed by atoms with Crippen LogP contribution in [0.5, 0.6) is 0 Å². The Labute approximate surface area is 127 Å². The highest BCUT2D eigenvalue weighted by atomic mass is 127. The van der Waals surface area contributed by atoms with Crippen LogP contribution < -0.4 is 5.32 Å². The highest BCUT2D eigenvalue weighted by Crippen LogP contribution is 2.28. The van der Waals surface area contributed by atoms with Gasteiger partial charge in [-0.1, -0.05) is 19.1 Å². The van der Waals surface area contributed by atoms with Crippen molar-refractivity contribution in [2.24, 2.45) is 0 Å². The van der Waals surface area contributed by atoms with Gasteiger partial charge in [-0.25, -0.2) is 0 Å². The molecule has 18 heavy (non-hydrogen) atoms. The molecule has 1 unspecified atom stereocenters. The summed E-state index contributed by atoms with van der Waals surface area (Å²) in [5.74, 6) is 0. The van der Waals surface area contributed by atoms with Crippen molar-refractivity contribution in [3.63, 3.8) is 0 Å². The second kappa shape index (κ2) is 6.68. The minimum atomic E-state index is 0.334. The molecule has 1 heterocycles. The first-order valence-electron chi connectivity index (χ1n) is 6.26. The van der Waals surface area contributed by atoms with Crippen molar-refractivity contribution in [1.29, 1.82) is 0 Å². The van der Waals surface area contributed by atoms with Crippen molar-refractivity contribution < 1.29 is 0 Å². The molecule has 0 fully saturated rings. The third-order valence-electron chi connectivity index (χ3n) is 2.85. The maximum Gasteiger partial charge on any atom is 0.0671 e. The number of benzene rings is 1. The average Bonchev–Trinajstić information content (AvgIpc) is 2.78. The molecule has 3 heteroatoms. The first-order valence-corrected chi connectivity index (χ1v) is 8.15. The van der Waals surface area contributed by atoms with Crippen LogP contribution in [0, 0.1) is 10.5 Å². The molecule has 2 aromatic rings. The van der Waals surface area contributed by atoms with Gasteiger partial charge >= 0.3 is 0 Å². The lowest BCUT2D eigenvalue weighted by atomic mass is 10.1. The zero-order valence-corrected chi connectivity index (χ0v) is 13.7. The largest absolute Gasteiger partial charge is 0.306 e. The van der Waals surface area contributed by atoms with E-state index in [0.717, 1.165) is 13.0 Å². The average molecular weight is 371 g/mol. The van der Waals surface area contributed by atoms with Gasteiger partial charge in [-0.3, -0.25) is 0 Å². The topological polar surface area (TPSA) is 12.0 Å². The minimum absolute atomic E-state index is 0.334. The molecule has 96 valence electrons. The van der Waals surface area contributed by atoms with Crippen molar-refractivity contribution in [2.75, 3.05) is 6.54 Å². The summed E-state index contributed by atoms with van der Waals surface area (Å²) < 4.78 is 1.29. The molecular formula is C15H18INS. The Bertz CT molecular complexity index is 489. The molecule has 0 aliphatic carbocycles. The lowest BCUT2D eigenvalue weighted by Gasteiger charge is -2.17. The molecule has 1 aromatic carbocycles. The van der Waals surface area contributed by atoms with E-state index in [1.807, 2.05) is 11.3 Å². The molecule has 1 aromatic heterocycles. The number of nitrogens with one attached hydrogen (secondary N) is 1. The van der Waals surface area contributed by atoms with Crippen LogP contribution in [0.15, 0.2) is 36.4 Å².